The second kappa shape index (κ2) is 14.6. The summed E-state index contributed by atoms with van der Waals surface area (Å²) in [4.78, 5) is 57.6. The molecule has 2 aliphatic rings. The number of ether oxygens (including phenoxy) is 1. The first kappa shape index (κ1) is 30.0. The summed E-state index contributed by atoms with van der Waals surface area (Å²) < 4.78 is 6.10. The van der Waals surface area contributed by atoms with Crippen molar-refractivity contribution in [3.05, 3.63) is 65.7 Å². The number of benzene rings is 2. The molecule has 0 spiro atoms. The van der Waals surface area contributed by atoms with Crippen LogP contribution in [0.2, 0.25) is 0 Å². The van der Waals surface area contributed by atoms with Crippen molar-refractivity contribution in [1.82, 2.24) is 25.8 Å². The van der Waals surface area contributed by atoms with Crippen LogP contribution in [-0.4, -0.2) is 91.9 Å². The highest BCUT2D eigenvalue weighted by Crippen LogP contribution is 2.24. The van der Waals surface area contributed by atoms with Crippen molar-refractivity contribution in [3.63, 3.8) is 0 Å². The predicted molar refractivity (Wildman–Crippen MR) is 155 cm³/mol. The van der Waals surface area contributed by atoms with E-state index < -0.39 is 29.8 Å². The van der Waals surface area contributed by atoms with Gasteiger partial charge in [-0.05, 0) is 64.0 Å². The van der Waals surface area contributed by atoms with Gasteiger partial charge >= 0.3 is 0 Å². The molecule has 0 bridgehead atoms. The number of nitrogens with zero attached hydrogens (tertiary/aromatic N) is 2. The number of carbonyl (C=O) groups is 4. The first-order valence-corrected chi connectivity index (χ1v) is 14.4. The van der Waals surface area contributed by atoms with Crippen molar-refractivity contribution < 1.29 is 23.9 Å². The molecule has 0 radical (unpaired) electrons. The molecule has 1 saturated heterocycles. The van der Waals surface area contributed by atoms with Gasteiger partial charge in [-0.3, -0.25) is 19.2 Å². The highest BCUT2D eigenvalue weighted by Gasteiger charge is 2.36. The Morgan fingerprint density at radius 3 is 2.56 bits per heavy atom. The normalized spacial score (nSPS) is 21.7. The highest BCUT2D eigenvalue weighted by atomic mass is 16.5. The third-order valence-corrected chi connectivity index (χ3v) is 7.48. The SMILES string of the molecule is CN(C)CCCCNC(=O)[C@@H]1CC(=O)N[C@@H](Cc2ccccc2)C(=O)N2CCC[C@@H]2COc2ccccc2C(=O)N1. The molecule has 0 unspecified atom stereocenters. The lowest BCUT2D eigenvalue weighted by Gasteiger charge is -2.30. The van der Waals surface area contributed by atoms with E-state index >= 15 is 0 Å². The molecule has 2 aromatic rings. The molecule has 4 rings (SSSR count). The number of carbonyl (C=O) groups excluding carboxylic acids is 4. The zero-order valence-corrected chi connectivity index (χ0v) is 23.9. The molecule has 10 nitrogen and oxygen atoms in total. The highest BCUT2D eigenvalue weighted by molar-refractivity contribution is 6.01. The standard InChI is InChI=1S/C31H41N5O5/c1-35(2)17-9-8-16-32-30(39)25-20-28(37)33-26(19-22-11-4-3-5-12-22)31(40)36-18-10-13-23(36)21-41-27-15-7-6-14-24(27)29(38)34-25/h3-7,11-12,14-15,23,25-26H,8-10,13,16-21H2,1-2H3,(H,32,39)(H,33,37)(H,34,38)/t23-,25+,26+/m1/s1. The Morgan fingerprint density at radius 1 is 1.02 bits per heavy atom. The number of hydrogen-bond donors (Lipinski definition) is 3. The number of rotatable bonds is 8. The van der Waals surface area contributed by atoms with E-state index in [4.69, 9.17) is 4.74 Å². The fraction of sp³-hybridized carbons (Fsp3) is 0.484. The Morgan fingerprint density at radius 2 is 1.78 bits per heavy atom. The van der Waals surface area contributed by atoms with Gasteiger partial charge in [0.05, 0.1) is 18.0 Å². The van der Waals surface area contributed by atoms with Gasteiger partial charge in [0.1, 0.15) is 24.4 Å². The predicted octanol–water partition coefficient (Wildman–Crippen LogP) is 1.74. The average Bonchev–Trinajstić information content (AvgIpc) is 3.43. The maximum atomic E-state index is 13.8. The van der Waals surface area contributed by atoms with Crippen molar-refractivity contribution in [2.75, 3.05) is 40.3 Å². The number of para-hydroxylation sites is 1. The summed E-state index contributed by atoms with van der Waals surface area (Å²) in [5.74, 6) is -1.24. The molecule has 10 heteroatoms. The summed E-state index contributed by atoms with van der Waals surface area (Å²) in [6.07, 6.45) is 3.26. The molecule has 2 aromatic carbocycles. The van der Waals surface area contributed by atoms with Crippen molar-refractivity contribution in [2.24, 2.45) is 0 Å². The van der Waals surface area contributed by atoms with Crippen LogP contribution >= 0.6 is 0 Å². The Kier molecular flexibility index (Phi) is 10.7. The Hall–Kier alpha value is -3.92. The summed E-state index contributed by atoms with van der Waals surface area (Å²) in [7, 11) is 3.98. The van der Waals surface area contributed by atoms with Crippen molar-refractivity contribution in [3.8, 4) is 5.75 Å². The van der Waals surface area contributed by atoms with Crippen molar-refractivity contribution in [1.29, 1.82) is 0 Å². The molecule has 3 N–H and O–H groups in total. The quantitative estimate of drug-likeness (QED) is 0.421. The van der Waals surface area contributed by atoms with Crippen LogP contribution in [0.4, 0.5) is 0 Å². The molecular formula is C31H41N5O5. The van der Waals surface area contributed by atoms with Gasteiger partial charge in [-0.1, -0.05) is 42.5 Å². The fourth-order valence-corrected chi connectivity index (χ4v) is 5.29. The van der Waals surface area contributed by atoms with Crippen LogP contribution in [0.1, 0.15) is 48.0 Å². The minimum absolute atomic E-state index is 0.176. The van der Waals surface area contributed by atoms with Crippen LogP contribution < -0.4 is 20.7 Å². The summed E-state index contributed by atoms with van der Waals surface area (Å²) in [6, 6.07) is 14.2. The summed E-state index contributed by atoms with van der Waals surface area (Å²) in [5.41, 5.74) is 1.18. The molecule has 0 aromatic heterocycles. The maximum absolute atomic E-state index is 13.8. The van der Waals surface area contributed by atoms with E-state index in [1.54, 1.807) is 29.2 Å². The van der Waals surface area contributed by atoms with Gasteiger partial charge in [-0.2, -0.15) is 0 Å². The Labute approximate surface area is 241 Å². The summed E-state index contributed by atoms with van der Waals surface area (Å²) >= 11 is 0. The topological polar surface area (TPSA) is 120 Å². The van der Waals surface area contributed by atoms with Crippen LogP contribution in [0.15, 0.2) is 54.6 Å². The van der Waals surface area contributed by atoms with Crippen LogP contribution in [0.3, 0.4) is 0 Å². The van der Waals surface area contributed by atoms with Gasteiger partial charge in [0, 0.05) is 19.5 Å². The first-order chi connectivity index (χ1) is 19.8. The summed E-state index contributed by atoms with van der Waals surface area (Å²) in [5, 5.41) is 8.48. The average molecular weight is 564 g/mol. The zero-order valence-electron chi connectivity index (χ0n) is 23.9. The van der Waals surface area contributed by atoms with Crippen LogP contribution in [-0.2, 0) is 20.8 Å². The molecule has 0 saturated carbocycles. The lowest BCUT2D eigenvalue weighted by atomic mass is 10.0. The minimum atomic E-state index is -1.13. The molecule has 0 aliphatic carbocycles. The van der Waals surface area contributed by atoms with Gasteiger partial charge in [0.25, 0.3) is 5.91 Å². The lowest BCUT2D eigenvalue weighted by Crippen LogP contribution is -2.54. The molecular weight excluding hydrogens is 522 g/mol. The van der Waals surface area contributed by atoms with Gasteiger partial charge < -0.3 is 30.5 Å². The van der Waals surface area contributed by atoms with E-state index in [1.807, 2.05) is 44.4 Å². The van der Waals surface area contributed by atoms with E-state index in [0.29, 0.717) is 25.3 Å². The third kappa shape index (κ3) is 8.53. The fourth-order valence-electron chi connectivity index (χ4n) is 5.29. The van der Waals surface area contributed by atoms with E-state index in [9.17, 15) is 19.2 Å². The van der Waals surface area contributed by atoms with E-state index in [2.05, 4.69) is 20.9 Å². The number of hydrogen-bond acceptors (Lipinski definition) is 6. The number of nitrogens with one attached hydrogen (secondary N) is 3. The molecule has 41 heavy (non-hydrogen) atoms. The number of unbranched alkanes of at least 4 members (excludes halogenated alkanes) is 1. The smallest absolute Gasteiger partial charge is 0.255 e. The molecule has 2 aliphatic heterocycles. The van der Waals surface area contributed by atoms with Gasteiger partial charge in [-0.25, -0.2) is 0 Å². The van der Waals surface area contributed by atoms with E-state index in [1.165, 1.54) is 0 Å². The number of fused-ring (bicyclic) bond motifs is 2. The van der Waals surface area contributed by atoms with Crippen LogP contribution in [0, 0.1) is 0 Å². The Bertz CT molecular complexity index is 1200. The van der Waals surface area contributed by atoms with Crippen molar-refractivity contribution >= 4 is 23.6 Å². The minimum Gasteiger partial charge on any atom is -0.491 e. The Balaban J connectivity index is 1.58. The first-order valence-electron chi connectivity index (χ1n) is 14.4. The van der Waals surface area contributed by atoms with Gasteiger partial charge in [-0.15, -0.1) is 0 Å². The monoisotopic (exact) mass is 563 g/mol. The summed E-state index contributed by atoms with van der Waals surface area (Å²) in [6.45, 7) is 2.10. The number of amides is 4. The molecule has 2 heterocycles. The molecule has 220 valence electrons. The molecule has 1 fully saturated rings. The van der Waals surface area contributed by atoms with Crippen LogP contribution in [0.25, 0.3) is 0 Å². The largest absolute Gasteiger partial charge is 0.491 e. The maximum Gasteiger partial charge on any atom is 0.255 e. The second-order valence-electron chi connectivity index (χ2n) is 11.0. The van der Waals surface area contributed by atoms with E-state index in [-0.39, 0.29) is 30.5 Å². The van der Waals surface area contributed by atoms with E-state index in [0.717, 1.165) is 37.8 Å². The zero-order chi connectivity index (χ0) is 29.2. The second-order valence-corrected chi connectivity index (χ2v) is 11.0. The van der Waals surface area contributed by atoms with Crippen LogP contribution in [0.5, 0.6) is 5.75 Å². The third-order valence-electron chi connectivity index (χ3n) is 7.48. The molecule has 3 atom stereocenters. The van der Waals surface area contributed by atoms with Gasteiger partial charge in [0.15, 0.2) is 0 Å². The van der Waals surface area contributed by atoms with Gasteiger partial charge in [0.2, 0.25) is 17.7 Å². The molecule has 4 amide bonds. The lowest BCUT2D eigenvalue weighted by molar-refractivity contribution is -0.138. The van der Waals surface area contributed by atoms with Crippen molar-refractivity contribution in [2.45, 2.75) is 56.7 Å².